The van der Waals surface area contributed by atoms with E-state index in [-0.39, 0.29) is 18.1 Å². The van der Waals surface area contributed by atoms with Crippen molar-refractivity contribution in [3.8, 4) is 11.5 Å². The Hall–Kier alpha value is -1.94. The maximum atomic E-state index is 12.9. The molecule has 0 bridgehead atoms. The number of ether oxygens (including phenoxy) is 2. The fourth-order valence-electron chi connectivity index (χ4n) is 2.02. The van der Waals surface area contributed by atoms with Gasteiger partial charge in [-0.25, -0.2) is 8.42 Å². The summed E-state index contributed by atoms with van der Waals surface area (Å²) < 4.78 is 60.7. The summed E-state index contributed by atoms with van der Waals surface area (Å²) in [5.41, 5.74) is 0. The molecule has 1 aromatic carbocycles. The van der Waals surface area contributed by atoms with Crippen molar-refractivity contribution in [2.24, 2.45) is 5.92 Å². The van der Waals surface area contributed by atoms with E-state index in [9.17, 15) is 22.0 Å². The molecule has 128 valence electrons. The quantitative estimate of drug-likeness (QED) is 0.810. The first-order chi connectivity index (χ1) is 10.5. The van der Waals surface area contributed by atoms with Crippen molar-refractivity contribution in [3.63, 3.8) is 0 Å². The zero-order valence-electron chi connectivity index (χ0n) is 12.2. The van der Waals surface area contributed by atoms with E-state index in [1.54, 1.807) is 13.8 Å². The molecule has 2 N–H and O–H groups in total. The number of hydrogen-bond acceptors (Lipinski definition) is 5. The zero-order chi connectivity index (χ0) is 17.4. The van der Waals surface area contributed by atoms with Crippen LogP contribution in [0, 0.1) is 5.92 Å². The van der Waals surface area contributed by atoms with Gasteiger partial charge in [0.1, 0.15) is 6.04 Å². The lowest BCUT2D eigenvalue weighted by molar-refractivity contribution is -0.286. The average molecular weight is 351 g/mol. The maximum absolute atomic E-state index is 12.9. The first-order valence-corrected chi connectivity index (χ1v) is 8.13. The van der Waals surface area contributed by atoms with Crippen LogP contribution >= 0.6 is 0 Å². The van der Waals surface area contributed by atoms with E-state index >= 15 is 0 Å². The summed E-state index contributed by atoms with van der Waals surface area (Å²) >= 11 is 0. The molecular weight excluding hydrogens is 336 g/mol. The Labute approximate surface area is 131 Å². The van der Waals surface area contributed by atoms with Crippen LogP contribution in [0.25, 0.3) is 0 Å². The molecule has 1 aliphatic heterocycles. The minimum absolute atomic E-state index is 0.0609. The number of nitrogens with one attached hydrogen (secondary N) is 1. The van der Waals surface area contributed by atoms with Gasteiger partial charge in [-0.3, -0.25) is 4.79 Å². The second-order valence-corrected chi connectivity index (χ2v) is 7.13. The number of alkyl halides is 2. The maximum Gasteiger partial charge on any atom is 0.586 e. The van der Waals surface area contributed by atoms with Crippen LogP contribution in [0.3, 0.4) is 0 Å². The van der Waals surface area contributed by atoms with Crippen LogP contribution in [-0.4, -0.2) is 31.8 Å². The molecule has 0 spiro atoms. The third-order valence-electron chi connectivity index (χ3n) is 2.99. The van der Waals surface area contributed by atoms with Crippen LogP contribution < -0.4 is 14.2 Å². The molecule has 0 aliphatic carbocycles. The van der Waals surface area contributed by atoms with E-state index in [2.05, 4.69) is 9.47 Å². The fraction of sp³-hybridized carbons (Fsp3) is 0.462. The van der Waals surface area contributed by atoms with Crippen molar-refractivity contribution >= 4 is 16.0 Å². The lowest BCUT2D eigenvalue weighted by Gasteiger charge is -2.16. The summed E-state index contributed by atoms with van der Waals surface area (Å²) in [5.74, 6) is -2.12. The molecule has 10 heteroatoms. The van der Waals surface area contributed by atoms with E-state index in [1.807, 2.05) is 4.72 Å². The smallest absolute Gasteiger partial charge is 0.480 e. The van der Waals surface area contributed by atoms with Gasteiger partial charge in [0.2, 0.25) is 10.0 Å². The minimum atomic E-state index is -4.22. The zero-order valence-corrected chi connectivity index (χ0v) is 13.1. The largest absolute Gasteiger partial charge is 0.586 e. The Bertz CT molecular complexity index is 719. The van der Waals surface area contributed by atoms with Gasteiger partial charge in [-0.1, -0.05) is 13.8 Å². The summed E-state index contributed by atoms with van der Waals surface area (Å²) in [4.78, 5) is 10.7. The van der Waals surface area contributed by atoms with Gasteiger partial charge in [-0.05, 0) is 24.5 Å². The van der Waals surface area contributed by atoms with Crippen molar-refractivity contribution in [3.05, 3.63) is 18.2 Å². The Morgan fingerprint density at radius 1 is 1.30 bits per heavy atom. The second-order valence-electron chi connectivity index (χ2n) is 5.42. The normalized spacial score (nSPS) is 17.3. The summed E-state index contributed by atoms with van der Waals surface area (Å²) in [7, 11) is -4.22. The van der Waals surface area contributed by atoms with Crippen molar-refractivity contribution in [2.45, 2.75) is 37.5 Å². The lowest BCUT2D eigenvalue weighted by Crippen LogP contribution is -2.41. The lowest BCUT2D eigenvalue weighted by atomic mass is 10.1. The third kappa shape index (κ3) is 4.08. The summed E-state index contributed by atoms with van der Waals surface area (Å²) in [6.45, 7) is 3.49. The molecular formula is C13H15F2NO6S. The molecule has 1 aromatic rings. The monoisotopic (exact) mass is 351 g/mol. The van der Waals surface area contributed by atoms with Crippen molar-refractivity contribution in [1.82, 2.24) is 4.72 Å². The van der Waals surface area contributed by atoms with Crippen LogP contribution in [0.4, 0.5) is 8.78 Å². The SMILES string of the molecule is CC(C)C[C@@H](NS(=O)(=O)c1ccc2c(c1)OC(F)(F)O2)C(=O)O. The van der Waals surface area contributed by atoms with Gasteiger partial charge in [0.15, 0.2) is 11.5 Å². The molecule has 0 radical (unpaired) electrons. The number of aliphatic carboxylic acids is 1. The molecule has 0 saturated carbocycles. The van der Waals surface area contributed by atoms with Gasteiger partial charge in [0.25, 0.3) is 0 Å². The number of sulfonamides is 1. The summed E-state index contributed by atoms with van der Waals surface area (Å²) in [6.07, 6.45) is -3.78. The van der Waals surface area contributed by atoms with Crippen LogP contribution in [0.2, 0.25) is 0 Å². The summed E-state index contributed by atoms with van der Waals surface area (Å²) in [5, 5.41) is 9.09. The number of halogens is 2. The first-order valence-electron chi connectivity index (χ1n) is 6.65. The molecule has 0 aromatic heterocycles. The molecule has 1 aliphatic rings. The Balaban J connectivity index is 2.25. The fourth-order valence-corrected chi connectivity index (χ4v) is 3.24. The van der Waals surface area contributed by atoms with Crippen molar-refractivity contribution < 1.29 is 36.6 Å². The Kier molecular flexibility index (Phi) is 4.49. The highest BCUT2D eigenvalue weighted by atomic mass is 32.2. The molecule has 0 amide bonds. The first kappa shape index (κ1) is 17.4. The summed E-state index contributed by atoms with van der Waals surface area (Å²) in [6, 6.07) is 1.57. The standard InChI is InChI=1S/C13H15F2NO6S/c1-7(2)5-9(12(17)18)16-23(19,20)8-3-4-10-11(6-8)22-13(14,15)21-10/h3-4,6-7,9,16H,5H2,1-2H3,(H,17,18)/t9-/m1/s1. The van der Waals surface area contributed by atoms with Crippen LogP contribution in [0.1, 0.15) is 20.3 Å². The van der Waals surface area contributed by atoms with Crippen LogP contribution in [0.5, 0.6) is 11.5 Å². The number of fused-ring (bicyclic) bond motifs is 1. The topological polar surface area (TPSA) is 102 Å². The third-order valence-corrected chi connectivity index (χ3v) is 4.45. The van der Waals surface area contributed by atoms with Crippen molar-refractivity contribution in [2.75, 3.05) is 0 Å². The number of rotatable bonds is 6. The van der Waals surface area contributed by atoms with Gasteiger partial charge < -0.3 is 14.6 Å². The predicted octanol–water partition coefficient (Wildman–Crippen LogP) is 1.79. The highest BCUT2D eigenvalue weighted by Crippen LogP contribution is 2.41. The van der Waals surface area contributed by atoms with Gasteiger partial charge in [-0.15, -0.1) is 8.78 Å². The van der Waals surface area contributed by atoms with Crippen molar-refractivity contribution in [1.29, 1.82) is 0 Å². The van der Waals surface area contributed by atoms with Gasteiger partial charge >= 0.3 is 12.3 Å². The van der Waals surface area contributed by atoms with Gasteiger partial charge in [-0.2, -0.15) is 4.72 Å². The highest BCUT2D eigenvalue weighted by Gasteiger charge is 2.44. The number of carbonyl (C=O) groups is 1. The average Bonchev–Trinajstić information content (AvgIpc) is 2.69. The molecule has 1 heterocycles. The van der Waals surface area contributed by atoms with E-state index in [0.29, 0.717) is 0 Å². The van der Waals surface area contributed by atoms with Crippen LogP contribution in [-0.2, 0) is 14.8 Å². The van der Waals surface area contributed by atoms with E-state index in [4.69, 9.17) is 5.11 Å². The van der Waals surface area contributed by atoms with E-state index in [1.165, 1.54) is 0 Å². The van der Waals surface area contributed by atoms with E-state index in [0.717, 1.165) is 18.2 Å². The van der Waals surface area contributed by atoms with Gasteiger partial charge in [0, 0.05) is 6.07 Å². The number of hydrogen-bond donors (Lipinski definition) is 2. The van der Waals surface area contributed by atoms with E-state index < -0.39 is 39.0 Å². The molecule has 23 heavy (non-hydrogen) atoms. The molecule has 0 saturated heterocycles. The number of benzene rings is 1. The molecule has 2 rings (SSSR count). The second kappa shape index (κ2) is 5.93. The Morgan fingerprint density at radius 2 is 1.91 bits per heavy atom. The Morgan fingerprint density at radius 3 is 2.48 bits per heavy atom. The molecule has 1 atom stereocenters. The molecule has 7 nitrogen and oxygen atoms in total. The predicted molar refractivity (Wildman–Crippen MR) is 73.8 cm³/mol. The number of carboxylic acid groups (broad SMARTS) is 1. The van der Waals surface area contributed by atoms with Crippen LogP contribution in [0.15, 0.2) is 23.1 Å². The number of carboxylic acids is 1. The molecule has 0 unspecified atom stereocenters. The van der Waals surface area contributed by atoms with Gasteiger partial charge in [0.05, 0.1) is 4.90 Å². The molecule has 0 fully saturated rings. The highest BCUT2D eigenvalue weighted by molar-refractivity contribution is 7.89. The minimum Gasteiger partial charge on any atom is -0.480 e.